The second-order valence-electron chi connectivity index (χ2n) is 6.36. The van der Waals surface area contributed by atoms with Gasteiger partial charge in [0.15, 0.2) is 11.5 Å². The summed E-state index contributed by atoms with van der Waals surface area (Å²) in [7, 11) is 4.59. The molecule has 0 saturated heterocycles. The number of aliphatic hydroxyl groups is 1. The van der Waals surface area contributed by atoms with Crippen molar-refractivity contribution in [3.8, 4) is 11.5 Å². The van der Waals surface area contributed by atoms with Crippen LogP contribution < -0.4 is 14.4 Å². The van der Waals surface area contributed by atoms with E-state index in [9.17, 15) is 19.1 Å². The van der Waals surface area contributed by atoms with Crippen molar-refractivity contribution in [3.05, 3.63) is 59.5 Å². The van der Waals surface area contributed by atoms with E-state index in [-0.39, 0.29) is 30.1 Å². The number of anilines is 1. The summed E-state index contributed by atoms with van der Waals surface area (Å²) in [6.07, 6.45) is 0. The molecule has 29 heavy (non-hydrogen) atoms. The predicted octanol–water partition coefficient (Wildman–Crippen LogP) is 2.05. The third kappa shape index (κ3) is 3.66. The molecule has 1 aliphatic rings. The molecule has 0 atom stereocenters. The number of carbonyl (C=O) groups excluding carboxylic acids is 2. The highest BCUT2D eigenvalue weighted by atomic mass is 19.1. The average Bonchev–Trinajstić information content (AvgIpc) is 2.98. The number of ether oxygens (including phenoxy) is 2. The SMILES string of the molecule is COc1ccc(C2=C(N(C)CCO)C(=O)N(c3ccc(F)cc3)C2=O)cc1OC. The van der Waals surface area contributed by atoms with Gasteiger partial charge in [0.25, 0.3) is 11.8 Å². The van der Waals surface area contributed by atoms with Gasteiger partial charge in [-0.2, -0.15) is 0 Å². The number of amides is 2. The fraction of sp³-hybridized carbons (Fsp3) is 0.238. The maximum absolute atomic E-state index is 13.3. The molecule has 1 heterocycles. The Morgan fingerprint density at radius 3 is 2.24 bits per heavy atom. The summed E-state index contributed by atoms with van der Waals surface area (Å²) in [6, 6.07) is 10.0. The molecule has 8 heteroatoms. The van der Waals surface area contributed by atoms with Crippen molar-refractivity contribution in [1.29, 1.82) is 0 Å². The van der Waals surface area contributed by atoms with Gasteiger partial charge < -0.3 is 19.5 Å². The van der Waals surface area contributed by atoms with Crippen molar-refractivity contribution in [1.82, 2.24) is 4.90 Å². The lowest BCUT2D eigenvalue weighted by atomic mass is 10.0. The zero-order chi connectivity index (χ0) is 21.1. The molecule has 0 aromatic heterocycles. The van der Waals surface area contributed by atoms with Crippen LogP contribution in [0.1, 0.15) is 5.56 Å². The van der Waals surface area contributed by atoms with Crippen LogP contribution in [0.2, 0.25) is 0 Å². The first-order chi connectivity index (χ1) is 13.9. The molecule has 0 spiro atoms. The third-order valence-electron chi connectivity index (χ3n) is 4.63. The Labute approximate surface area is 167 Å². The fourth-order valence-electron chi connectivity index (χ4n) is 3.21. The Morgan fingerprint density at radius 1 is 1.00 bits per heavy atom. The van der Waals surface area contributed by atoms with Gasteiger partial charge in [-0.3, -0.25) is 9.59 Å². The van der Waals surface area contributed by atoms with Gasteiger partial charge in [-0.05, 0) is 42.0 Å². The summed E-state index contributed by atoms with van der Waals surface area (Å²) >= 11 is 0. The molecular formula is C21H21FN2O5. The molecule has 1 aliphatic heterocycles. The highest BCUT2D eigenvalue weighted by molar-refractivity contribution is 6.45. The van der Waals surface area contributed by atoms with Crippen LogP contribution in [0.3, 0.4) is 0 Å². The van der Waals surface area contributed by atoms with Crippen molar-refractivity contribution in [2.24, 2.45) is 0 Å². The normalized spacial score (nSPS) is 13.9. The molecule has 0 unspecified atom stereocenters. The lowest BCUT2D eigenvalue weighted by Gasteiger charge is -2.20. The van der Waals surface area contributed by atoms with E-state index in [2.05, 4.69) is 0 Å². The number of carbonyl (C=O) groups is 2. The summed E-state index contributed by atoms with van der Waals surface area (Å²) in [5.74, 6) is -0.689. The Balaban J connectivity index is 2.15. The minimum Gasteiger partial charge on any atom is -0.493 e. The molecule has 1 N–H and O–H groups in total. The highest BCUT2D eigenvalue weighted by Crippen LogP contribution is 2.37. The number of nitrogens with zero attached hydrogens (tertiary/aromatic N) is 2. The van der Waals surface area contributed by atoms with Crippen LogP contribution in [0.5, 0.6) is 11.5 Å². The van der Waals surface area contributed by atoms with Crippen LogP contribution in [0.15, 0.2) is 48.2 Å². The van der Waals surface area contributed by atoms with E-state index in [0.717, 1.165) is 4.90 Å². The number of benzene rings is 2. The number of halogens is 1. The van der Waals surface area contributed by atoms with Crippen molar-refractivity contribution in [3.63, 3.8) is 0 Å². The summed E-state index contributed by atoms with van der Waals surface area (Å²) < 4.78 is 23.9. The number of likely N-dealkylation sites (N-methyl/N-ethyl adjacent to an activating group) is 1. The van der Waals surface area contributed by atoms with Gasteiger partial charge >= 0.3 is 0 Å². The summed E-state index contributed by atoms with van der Waals surface area (Å²) in [4.78, 5) is 28.9. The lowest BCUT2D eigenvalue weighted by molar-refractivity contribution is -0.120. The number of rotatable bonds is 7. The van der Waals surface area contributed by atoms with Crippen molar-refractivity contribution < 1.29 is 28.6 Å². The maximum Gasteiger partial charge on any atom is 0.282 e. The summed E-state index contributed by atoms with van der Waals surface area (Å²) in [5.41, 5.74) is 1.02. The van der Waals surface area contributed by atoms with Gasteiger partial charge in [-0.25, -0.2) is 9.29 Å². The predicted molar refractivity (Wildman–Crippen MR) is 105 cm³/mol. The van der Waals surface area contributed by atoms with Crippen molar-refractivity contribution in [2.45, 2.75) is 0 Å². The smallest absolute Gasteiger partial charge is 0.282 e. The van der Waals surface area contributed by atoms with E-state index in [1.165, 1.54) is 43.4 Å². The van der Waals surface area contributed by atoms with E-state index < -0.39 is 17.6 Å². The average molecular weight is 400 g/mol. The van der Waals surface area contributed by atoms with Gasteiger partial charge in [-0.15, -0.1) is 0 Å². The van der Waals surface area contributed by atoms with Crippen LogP contribution in [-0.2, 0) is 9.59 Å². The number of hydrogen-bond acceptors (Lipinski definition) is 6. The third-order valence-corrected chi connectivity index (χ3v) is 4.63. The van der Waals surface area contributed by atoms with Crippen molar-refractivity contribution >= 4 is 23.1 Å². The first kappa shape index (κ1) is 20.3. The number of hydrogen-bond donors (Lipinski definition) is 1. The molecular weight excluding hydrogens is 379 g/mol. The molecule has 152 valence electrons. The quantitative estimate of drug-likeness (QED) is 0.717. The minimum atomic E-state index is -0.553. The molecule has 2 amide bonds. The Morgan fingerprint density at radius 2 is 1.66 bits per heavy atom. The highest BCUT2D eigenvalue weighted by Gasteiger charge is 2.41. The van der Waals surface area contributed by atoms with E-state index in [1.54, 1.807) is 25.2 Å². The first-order valence-corrected chi connectivity index (χ1v) is 8.86. The summed E-state index contributed by atoms with van der Waals surface area (Å²) in [6.45, 7) is -0.0420. The minimum absolute atomic E-state index is 0.139. The van der Waals surface area contributed by atoms with E-state index in [0.29, 0.717) is 17.1 Å². The van der Waals surface area contributed by atoms with Crippen LogP contribution in [-0.4, -0.2) is 56.2 Å². The van der Waals surface area contributed by atoms with Crippen LogP contribution >= 0.6 is 0 Å². The topological polar surface area (TPSA) is 79.3 Å². The van der Waals surface area contributed by atoms with Crippen LogP contribution in [0, 0.1) is 5.82 Å². The lowest BCUT2D eigenvalue weighted by Crippen LogP contribution is -2.34. The molecule has 0 fully saturated rings. The molecule has 0 aliphatic carbocycles. The van der Waals surface area contributed by atoms with Gasteiger partial charge in [0.05, 0.1) is 32.1 Å². The number of aliphatic hydroxyl groups excluding tert-OH is 1. The van der Waals surface area contributed by atoms with Crippen LogP contribution in [0.25, 0.3) is 5.57 Å². The molecule has 0 radical (unpaired) electrons. The van der Waals surface area contributed by atoms with Crippen molar-refractivity contribution in [2.75, 3.05) is 39.3 Å². The zero-order valence-electron chi connectivity index (χ0n) is 16.3. The molecule has 0 saturated carbocycles. The molecule has 3 rings (SSSR count). The maximum atomic E-state index is 13.3. The standard InChI is InChI=1S/C21H21FN2O5/c1-23(10-11-25)19-18(13-4-9-16(28-2)17(12-13)29-3)20(26)24(21(19)27)15-7-5-14(22)6-8-15/h4-9,12,25H,10-11H2,1-3H3. The van der Waals surface area contributed by atoms with Gasteiger partial charge in [0, 0.05) is 13.6 Å². The summed E-state index contributed by atoms with van der Waals surface area (Å²) in [5, 5.41) is 9.32. The second kappa shape index (κ2) is 8.32. The van der Waals surface area contributed by atoms with Gasteiger partial charge in [-0.1, -0.05) is 6.07 Å². The largest absolute Gasteiger partial charge is 0.493 e. The van der Waals surface area contributed by atoms with Gasteiger partial charge in [0.1, 0.15) is 11.5 Å². The Hall–Kier alpha value is -3.39. The Kier molecular flexibility index (Phi) is 5.84. The number of methoxy groups -OCH3 is 2. The fourth-order valence-corrected chi connectivity index (χ4v) is 3.21. The first-order valence-electron chi connectivity index (χ1n) is 8.86. The van der Waals surface area contributed by atoms with Gasteiger partial charge in [0.2, 0.25) is 0 Å². The van der Waals surface area contributed by atoms with E-state index >= 15 is 0 Å². The Bertz CT molecular complexity index is 972. The molecule has 2 aromatic rings. The monoisotopic (exact) mass is 400 g/mol. The zero-order valence-corrected chi connectivity index (χ0v) is 16.3. The molecule has 2 aromatic carbocycles. The second-order valence-corrected chi connectivity index (χ2v) is 6.36. The molecule has 7 nitrogen and oxygen atoms in total. The molecule has 0 bridgehead atoms. The van der Waals surface area contributed by atoms with E-state index in [4.69, 9.17) is 9.47 Å². The number of imide groups is 1. The van der Waals surface area contributed by atoms with Crippen LogP contribution in [0.4, 0.5) is 10.1 Å². The van der Waals surface area contributed by atoms with E-state index in [1.807, 2.05) is 0 Å².